The zero-order chi connectivity index (χ0) is 20.9. The highest BCUT2D eigenvalue weighted by Crippen LogP contribution is 2.35. The number of fused-ring (bicyclic) bond motifs is 6. The summed E-state index contributed by atoms with van der Waals surface area (Å²) in [5.41, 5.74) is 5.35. The summed E-state index contributed by atoms with van der Waals surface area (Å²) in [5, 5.41) is 15.6. The lowest BCUT2D eigenvalue weighted by atomic mass is 9.86. The summed E-state index contributed by atoms with van der Waals surface area (Å²) in [7, 11) is 0. The third-order valence-corrected chi connectivity index (χ3v) is 6.58. The van der Waals surface area contributed by atoms with E-state index in [0.29, 0.717) is 5.69 Å². The summed E-state index contributed by atoms with van der Waals surface area (Å²) >= 11 is 0. The second-order valence-electron chi connectivity index (χ2n) is 8.39. The minimum absolute atomic E-state index is 0.230. The van der Waals surface area contributed by atoms with Gasteiger partial charge in [-0.1, -0.05) is 54.6 Å². The lowest BCUT2D eigenvalue weighted by molar-refractivity contribution is 0.0697. The highest BCUT2D eigenvalue weighted by molar-refractivity contribution is 6.10. The van der Waals surface area contributed by atoms with Crippen LogP contribution < -0.4 is 0 Å². The number of aryl methyl sites for hydroxylation is 2. The molecular weight excluding hydrogens is 382 g/mol. The van der Waals surface area contributed by atoms with Crippen molar-refractivity contribution in [2.75, 3.05) is 0 Å². The van der Waals surface area contributed by atoms with Crippen molar-refractivity contribution in [2.45, 2.75) is 25.7 Å². The van der Waals surface area contributed by atoms with E-state index in [1.165, 1.54) is 46.5 Å². The van der Waals surface area contributed by atoms with Crippen molar-refractivity contribution in [3.63, 3.8) is 0 Å². The first-order chi connectivity index (χ1) is 15.2. The maximum atomic E-state index is 12.0. The second-order valence-corrected chi connectivity index (χ2v) is 8.39. The standard InChI is InChI=1S/C28H21NO2/c30-28(31)25-16-19-6-2-4-8-26(19)29-27(25)20-11-12-22-18(15-20)10-14-23-21-7-3-1-5-17(21)9-13-24(22)23/h2,4,6,8-16H,1,3,5,7H2,(H,30,31). The van der Waals surface area contributed by atoms with Gasteiger partial charge in [-0.3, -0.25) is 0 Å². The van der Waals surface area contributed by atoms with Crippen molar-refractivity contribution >= 4 is 38.4 Å². The monoisotopic (exact) mass is 403 g/mol. The summed E-state index contributed by atoms with van der Waals surface area (Å²) in [5.74, 6) is -0.960. The van der Waals surface area contributed by atoms with Gasteiger partial charge < -0.3 is 5.11 Å². The Bertz CT molecular complexity index is 1520. The number of pyridine rings is 1. The van der Waals surface area contributed by atoms with Crippen molar-refractivity contribution in [3.05, 3.63) is 89.5 Å². The molecular formula is C28H21NO2. The van der Waals surface area contributed by atoms with E-state index in [-0.39, 0.29) is 5.56 Å². The molecule has 3 nitrogen and oxygen atoms in total. The Labute approximate surface area is 180 Å². The zero-order valence-corrected chi connectivity index (χ0v) is 17.1. The topological polar surface area (TPSA) is 50.2 Å². The molecule has 0 radical (unpaired) electrons. The van der Waals surface area contributed by atoms with E-state index in [1.807, 2.05) is 30.3 Å². The predicted octanol–water partition coefficient (Wildman–Crippen LogP) is 6.79. The summed E-state index contributed by atoms with van der Waals surface area (Å²) in [6.07, 6.45) is 4.86. The number of carboxylic acids is 1. The number of rotatable bonds is 2. The number of nitrogens with zero attached hydrogens (tertiary/aromatic N) is 1. The lowest BCUT2D eigenvalue weighted by Crippen LogP contribution is -2.03. The van der Waals surface area contributed by atoms with Crippen LogP contribution in [0, 0.1) is 0 Å². The van der Waals surface area contributed by atoms with Crippen molar-refractivity contribution in [2.24, 2.45) is 0 Å². The Balaban J connectivity index is 1.57. The van der Waals surface area contributed by atoms with Gasteiger partial charge in [-0.15, -0.1) is 0 Å². The molecule has 1 aliphatic rings. The van der Waals surface area contributed by atoms with Gasteiger partial charge >= 0.3 is 5.97 Å². The van der Waals surface area contributed by atoms with E-state index in [0.717, 1.165) is 28.3 Å². The van der Waals surface area contributed by atoms with Gasteiger partial charge in [0.05, 0.1) is 16.8 Å². The second kappa shape index (κ2) is 6.92. The van der Waals surface area contributed by atoms with Crippen LogP contribution in [0.1, 0.15) is 34.3 Å². The van der Waals surface area contributed by atoms with Gasteiger partial charge in [-0.25, -0.2) is 9.78 Å². The molecule has 5 aromatic rings. The van der Waals surface area contributed by atoms with E-state index in [1.54, 1.807) is 6.07 Å². The summed E-state index contributed by atoms with van der Waals surface area (Å²) in [4.78, 5) is 16.7. The molecule has 1 N–H and O–H groups in total. The average molecular weight is 403 g/mol. The third-order valence-electron chi connectivity index (χ3n) is 6.58. The largest absolute Gasteiger partial charge is 0.478 e. The minimum atomic E-state index is -0.960. The van der Waals surface area contributed by atoms with Crippen LogP contribution in [-0.2, 0) is 12.8 Å². The Kier molecular flexibility index (Phi) is 4.03. The molecule has 1 aliphatic carbocycles. The molecule has 4 aromatic carbocycles. The fourth-order valence-electron chi connectivity index (χ4n) is 5.05. The SMILES string of the molecule is O=C(O)c1cc2ccccc2nc1-c1ccc2c(ccc3c4c(ccc32)CCCC4)c1. The van der Waals surface area contributed by atoms with Gasteiger partial charge in [0.25, 0.3) is 0 Å². The maximum Gasteiger partial charge on any atom is 0.337 e. The molecule has 1 aromatic heterocycles. The smallest absolute Gasteiger partial charge is 0.337 e. The van der Waals surface area contributed by atoms with Crippen molar-refractivity contribution in [3.8, 4) is 11.3 Å². The molecule has 0 saturated carbocycles. The summed E-state index contributed by atoms with van der Waals surface area (Å²) < 4.78 is 0. The fraction of sp³-hybridized carbons (Fsp3) is 0.143. The van der Waals surface area contributed by atoms with Crippen LogP contribution in [0.3, 0.4) is 0 Å². The highest BCUT2D eigenvalue weighted by Gasteiger charge is 2.17. The van der Waals surface area contributed by atoms with Crippen LogP contribution in [0.5, 0.6) is 0 Å². The molecule has 0 bridgehead atoms. The van der Waals surface area contributed by atoms with Crippen molar-refractivity contribution in [1.29, 1.82) is 0 Å². The molecule has 0 aliphatic heterocycles. The van der Waals surface area contributed by atoms with Gasteiger partial charge in [-0.05, 0) is 76.6 Å². The normalized spacial score (nSPS) is 13.5. The lowest BCUT2D eigenvalue weighted by Gasteiger charge is -2.19. The Morgan fingerprint density at radius 2 is 1.58 bits per heavy atom. The van der Waals surface area contributed by atoms with Crippen molar-refractivity contribution < 1.29 is 9.90 Å². The van der Waals surface area contributed by atoms with E-state index in [4.69, 9.17) is 4.98 Å². The van der Waals surface area contributed by atoms with Crippen molar-refractivity contribution in [1.82, 2.24) is 4.98 Å². The molecule has 0 fully saturated rings. The third kappa shape index (κ3) is 2.89. The maximum absolute atomic E-state index is 12.0. The van der Waals surface area contributed by atoms with E-state index in [9.17, 15) is 9.90 Å². The van der Waals surface area contributed by atoms with Gasteiger partial charge in [0.2, 0.25) is 0 Å². The Hall–Kier alpha value is -3.72. The molecule has 150 valence electrons. The summed E-state index contributed by atoms with van der Waals surface area (Å²) in [6, 6.07) is 24.5. The number of aromatic carboxylic acids is 1. The van der Waals surface area contributed by atoms with Crippen LogP contribution in [0.15, 0.2) is 72.8 Å². The van der Waals surface area contributed by atoms with Crippen LogP contribution in [0.2, 0.25) is 0 Å². The van der Waals surface area contributed by atoms with E-state index in [2.05, 4.69) is 36.4 Å². The molecule has 0 spiro atoms. The number of para-hydroxylation sites is 1. The predicted molar refractivity (Wildman–Crippen MR) is 126 cm³/mol. The highest BCUT2D eigenvalue weighted by atomic mass is 16.4. The van der Waals surface area contributed by atoms with Gasteiger partial charge in [0.1, 0.15) is 0 Å². The summed E-state index contributed by atoms with van der Waals surface area (Å²) in [6.45, 7) is 0. The van der Waals surface area contributed by atoms with Crippen LogP contribution in [0.25, 0.3) is 43.7 Å². The van der Waals surface area contributed by atoms with Crippen LogP contribution >= 0.6 is 0 Å². The van der Waals surface area contributed by atoms with Crippen LogP contribution in [0.4, 0.5) is 0 Å². The molecule has 6 rings (SSSR count). The molecule has 3 heteroatoms. The first-order valence-electron chi connectivity index (χ1n) is 10.8. The number of carboxylic acid groups (broad SMARTS) is 1. The first kappa shape index (κ1) is 18.1. The van der Waals surface area contributed by atoms with E-state index < -0.39 is 5.97 Å². The molecule has 1 heterocycles. The zero-order valence-electron chi connectivity index (χ0n) is 17.1. The first-order valence-corrected chi connectivity index (χ1v) is 10.8. The molecule has 0 amide bonds. The number of carbonyl (C=O) groups is 1. The minimum Gasteiger partial charge on any atom is -0.478 e. The average Bonchev–Trinajstić information content (AvgIpc) is 2.82. The number of benzene rings is 4. The molecule has 0 saturated heterocycles. The molecule has 0 unspecified atom stereocenters. The Morgan fingerprint density at radius 1 is 0.774 bits per heavy atom. The molecule has 0 atom stereocenters. The molecule has 31 heavy (non-hydrogen) atoms. The van der Waals surface area contributed by atoms with Gasteiger partial charge in [-0.2, -0.15) is 0 Å². The van der Waals surface area contributed by atoms with Gasteiger partial charge in [0.15, 0.2) is 0 Å². The van der Waals surface area contributed by atoms with Gasteiger partial charge in [0, 0.05) is 10.9 Å². The van der Waals surface area contributed by atoms with Crippen LogP contribution in [-0.4, -0.2) is 16.1 Å². The number of aromatic nitrogens is 1. The fourth-order valence-corrected chi connectivity index (χ4v) is 5.05. The Morgan fingerprint density at radius 3 is 2.48 bits per heavy atom. The quantitative estimate of drug-likeness (QED) is 0.330. The number of hydrogen-bond donors (Lipinski definition) is 1. The van der Waals surface area contributed by atoms with E-state index >= 15 is 0 Å². The number of hydrogen-bond acceptors (Lipinski definition) is 2.